The van der Waals surface area contributed by atoms with Gasteiger partial charge in [-0.3, -0.25) is 9.59 Å². The molecule has 0 saturated carbocycles. The summed E-state index contributed by atoms with van der Waals surface area (Å²) in [5, 5.41) is 0. The van der Waals surface area contributed by atoms with E-state index in [1.165, 1.54) is 0 Å². The van der Waals surface area contributed by atoms with E-state index in [9.17, 15) is 9.59 Å². The summed E-state index contributed by atoms with van der Waals surface area (Å²) in [6, 6.07) is 25.1. The minimum Gasteiger partial charge on any atom is -0.444 e. The number of hydrogen-bond donors (Lipinski definition) is 0. The van der Waals surface area contributed by atoms with Crippen LogP contribution in [-0.2, 0) is 0 Å². The molecule has 2 heterocycles. The van der Waals surface area contributed by atoms with Gasteiger partial charge in [-0.1, -0.05) is 36.4 Å². The number of rotatable bonds is 7. The number of benzene rings is 2. The van der Waals surface area contributed by atoms with Crippen LogP contribution in [0.25, 0.3) is 0 Å². The van der Waals surface area contributed by atoms with Gasteiger partial charge in [0.1, 0.15) is 0 Å². The topological polar surface area (TPSA) is 66.9 Å². The maximum Gasteiger partial charge on any atom is 0.294 e. The van der Waals surface area contributed by atoms with Crippen LogP contribution in [0.4, 0.5) is 11.4 Å². The van der Waals surface area contributed by atoms with Crippen LogP contribution in [0.1, 0.15) is 21.1 Å². The summed E-state index contributed by atoms with van der Waals surface area (Å²) in [4.78, 5) is 29.6. The summed E-state index contributed by atoms with van der Waals surface area (Å²) in [6.07, 6.45) is 0. The quantitative estimate of drug-likeness (QED) is 0.264. The minimum absolute atomic E-state index is 0.202. The standard InChI is InChI=1S/C24H18Br2N2O4/c25-21-13-11-19(31-21)23(29)27(17-7-3-1-4-8-17)15-16-28(18-9-5-2-6-10-18)24(30)20-12-14-22(26)32-20/h1-14H,15-16H2. The maximum atomic E-state index is 13.2. The van der Waals surface area contributed by atoms with Crippen molar-refractivity contribution < 1.29 is 18.4 Å². The second kappa shape index (κ2) is 10.0. The molecule has 2 amide bonds. The third-order valence-corrected chi connectivity index (χ3v) is 5.59. The van der Waals surface area contributed by atoms with Crippen molar-refractivity contribution in [1.82, 2.24) is 0 Å². The Balaban J connectivity index is 1.63. The normalized spacial score (nSPS) is 10.7. The van der Waals surface area contributed by atoms with Gasteiger partial charge in [0.2, 0.25) is 0 Å². The fraction of sp³-hybridized carbons (Fsp3) is 0.0833. The van der Waals surface area contributed by atoms with Crippen LogP contribution in [0.2, 0.25) is 0 Å². The molecule has 2 aromatic heterocycles. The lowest BCUT2D eigenvalue weighted by Gasteiger charge is -2.27. The first kappa shape index (κ1) is 22.1. The molecule has 0 atom stereocenters. The molecule has 0 aliphatic rings. The first-order valence-electron chi connectivity index (χ1n) is 9.77. The number of carbonyl (C=O) groups excluding carboxylic acids is 2. The summed E-state index contributed by atoms with van der Waals surface area (Å²) in [5.41, 5.74) is 1.40. The zero-order chi connectivity index (χ0) is 22.5. The number of anilines is 2. The Labute approximate surface area is 201 Å². The Morgan fingerprint density at radius 2 is 0.969 bits per heavy atom. The number of halogens is 2. The highest BCUT2D eigenvalue weighted by atomic mass is 79.9. The van der Waals surface area contributed by atoms with Crippen molar-refractivity contribution in [2.45, 2.75) is 0 Å². The van der Waals surface area contributed by atoms with E-state index in [-0.39, 0.29) is 36.4 Å². The van der Waals surface area contributed by atoms with E-state index in [0.29, 0.717) is 20.7 Å². The van der Waals surface area contributed by atoms with Gasteiger partial charge in [-0.25, -0.2) is 0 Å². The van der Waals surface area contributed by atoms with E-state index in [0.717, 1.165) is 0 Å². The van der Waals surface area contributed by atoms with Crippen LogP contribution in [0.15, 0.2) is 103 Å². The van der Waals surface area contributed by atoms with Gasteiger partial charge < -0.3 is 18.6 Å². The molecule has 0 saturated heterocycles. The lowest BCUT2D eigenvalue weighted by Crippen LogP contribution is -2.41. The van der Waals surface area contributed by atoms with Crippen molar-refractivity contribution in [3.63, 3.8) is 0 Å². The van der Waals surface area contributed by atoms with Gasteiger partial charge in [0, 0.05) is 24.5 Å². The van der Waals surface area contributed by atoms with Crippen molar-refractivity contribution in [2.75, 3.05) is 22.9 Å². The molecule has 162 valence electrons. The van der Waals surface area contributed by atoms with Gasteiger partial charge in [0.05, 0.1) is 0 Å². The summed E-state index contributed by atoms with van der Waals surface area (Å²) in [6.45, 7) is 0.480. The highest BCUT2D eigenvalue weighted by Gasteiger charge is 2.25. The van der Waals surface area contributed by atoms with Gasteiger partial charge >= 0.3 is 0 Å². The predicted octanol–water partition coefficient (Wildman–Crippen LogP) is 6.39. The Morgan fingerprint density at radius 1 is 0.594 bits per heavy atom. The smallest absolute Gasteiger partial charge is 0.294 e. The number of amides is 2. The maximum absolute atomic E-state index is 13.2. The lowest BCUT2D eigenvalue weighted by molar-refractivity contribution is 0.0940. The molecule has 0 unspecified atom stereocenters. The van der Waals surface area contributed by atoms with E-state index >= 15 is 0 Å². The molecule has 0 aliphatic heterocycles. The first-order chi connectivity index (χ1) is 15.5. The highest BCUT2D eigenvalue weighted by Crippen LogP contribution is 2.23. The van der Waals surface area contributed by atoms with Gasteiger partial charge in [0.25, 0.3) is 11.8 Å². The second-order valence-corrected chi connectivity index (χ2v) is 8.36. The molecular weight excluding hydrogens is 540 g/mol. The molecule has 8 heteroatoms. The van der Waals surface area contributed by atoms with Gasteiger partial charge in [-0.2, -0.15) is 0 Å². The van der Waals surface area contributed by atoms with Crippen molar-refractivity contribution in [3.8, 4) is 0 Å². The number of nitrogens with zero attached hydrogens (tertiary/aromatic N) is 2. The molecule has 0 N–H and O–H groups in total. The third kappa shape index (κ3) is 5.03. The van der Waals surface area contributed by atoms with E-state index in [4.69, 9.17) is 8.83 Å². The SMILES string of the molecule is O=C(c1ccc(Br)o1)N(CCN(C(=O)c1ccc(Br)o1)c1ccccc1)c1ccccc1. The van der Waals surface area contributed by atoms with E-state index in [1.807, 2.05) is 60.7 Å². The summed E-state index contributed by atoms with van der Waals surface area (Å²) in [5.74, 6) is -0.201. The molecule has 0 fully saturated rings. The zero-order valence-electron chi connectivity index (χ0n) is 16.8. The number of furan rings is 2. The van der Waals surface area contributed by atoms with Crippen LogP contribution < -0.4 is 9.80 Å². The Morgan fingerprint density at radius 3 is 1.28 bits per heavy atom. The largest absolute Gasteiger partial charge is 0.444 e. The molecular formula is C24H18Br2N2O4. The van der Waals surface area contributed by atoms with Crippen LogP contribution >= 0.6 is 31.9 Å². The van der Waals surface area contributed by atoms with Gasteiger partial charge in [-0.05, 0) is 80.4 Å². The average molecular weight is 558 g/mol. The van der Waals surface area contributed by atoms with Crippen molar-refractivity contribution in [2.24, 2.45) is 0 Å². The van der Waals surface area contributed by atoms with Crippen LogP contribution in [0.3, 0.4) is 0 Å². The second-order valence-electron chi connectivity index (χ2n) is 6.79. The molecule has 0 spiro atoms. The van der Waals surface area contributed by atoms with E-state index in [2.05, 4.69) is 31.9 Å². The lowest BCUT2D eigenvalue weighted by atomic mass is 10.2. The molecule has 4 rings (SSSR count). The monoisotopic (exact) mass is 556 g/mol. The zero-order valence-corrected chi connectivity index (χ0v) is 20.0. The average Bonchev–Trinajstić information content (AvgIpc) is 3.45. The fourth-order valence-electron chi connectivity index (χ4n) is 3.24. The van der Waals surface area contributed by atoms with Crippen LogP contribution in [0, 0.1) is 0 Å². The van der Waals surface area contributed by atoms with Gasteiger partial charge in [0.15, 0.2) is 20.9 Å². The van der Waals surface area contributed by atoms with Crippen LogP contribution in [0.5, 0.6) is 0 Å². The molecule has 0 radical (unpaired) electrons. The molecule has 6 nitrogen and oxygen atoms in total. The third-order valence-electron chi connectivity index (χ3n) is 4.74. The van der Waals surface area contributed by atoms with Gasteiger partial charge in [-0.15, -0.1) is 0 Å². The summed E-state index contributed by atoms with van der Waals surface area (Å²) in [7, 11) is 0. The number of carbonyl (C=O) groups is 2. The number of hydrogen-bond acceptors (Lipinski definition) is 4. The Kier molecular flexibility index (Phi) is 6.92. The Bertz CT molecular complexity index is 1110. The molecule has 4 aromatic rings. The highest BCUT2D eigenvalue weighted by molar-refractivity contribution is 9.10. The van der Waals surface area contributed by atoms with Crippen molar-refractivity contribution in [3.05, 3.63) is 106 Å². The summed E-state index contributed by atoms with van der Waals surface area (Å²) < 4.78 is 11.9. The molecule has 0 aliphatic carbocycles. The van der Waals surface area contributed by atoms with E-state index < -0.39 is 0 Å². The predicted molar refractivity (Wildman–Crippen MR) is 129 cm³/mol. The van der Waals surface area contributed by atoms with Crippen molar-refractivity contribution in [1.29, 1.82) is 0 Å². The molecule has 32 heavy (non-hydrogen) atoms. The number of para-hydroxylation sites is 2. The fourth-order valence-corrected chi connectivity index (χ4v) is 3.85. The summed E-state index contributed by atoms with van der Waals surface area (Å²) >= 11 is 6.48. The first-order valence-corrected chi connectivity index (χ1v) is 11.4. The van der Waals surface area contributed by atoms with E-state index in [1.54, 1.807) is 34.1 Å². The molecule has 2 aromatic carbocycles. The molecule has 0 bridgehead atoms. The minimum atomic E-state index is -0.303. The van der Waals surface area contributed by atoms with Crippen molar-refractivity contribution >= 4 is 55.0 Å². The van der Waals surface area contributed by atoms with Crippen LogP contribution in [-0.4, -0.2) is 24.9 Å². The Hall–Kier alpha value is -3.10.